The number of carboxylic acids is 1. The van der Waals surface area contributed by atoms with Crippen LogP contribution in [0.15, 0.2) is 0 Å². The third-order valence-electron chi connectivity index (χ3n) is 3.25. The Kier molecular flexibility index (Phi) is 6.03. The molecular formula is C13H20N2O5S. The number of carboxylic acid groups (broad SMARTS) is 1. The molecule has 0 aromatic carbocycles. The first kappa shape index (κ1) is 17.3. The van der Waals surface area contributed by atoms with Gasteiger partial charge in [-0.15, -0.1) is 6.42 Å². The Morgan fingerprint density at radius 1 is 1.43 bits per heavy atom. The van der Waals surface area contributed by atoms with Crippen molar-refractivity contribution in [3.8, 4) is 12.3 Å². The SMILES string of the molecule is C#CCN(CCC)C(=O)N(CC(=O)O)C1CCS(=O)(=O)C1. The van der Waals surface area contributed by atoms with Crippen LogP contribution in [-0.2, 0) is 14.6 Å². The maximum atomic E-state index is 12.5. The van der Waals surface area contributed by atoms with Gasteiger partial charge in [0.25, 0.3) is 0 Å². The minimum atomic E-state index is -3.21. The predicted octanol–water partition coefficient (Wildman–Crippen LogP) is 0.0253. The van der Waals surface area contributed by atoms with Gasteiger partial charge in [-0.25, -0.2) is 13.2 Å². The van der Waals surface area contributed by atoms with E-state index in [1.165, 1.54) is 4.90 Å². The summed E-state index contributed by atoms with van der Waals surface area (Å²) in [4.78, 5) is 25.9. The van der Waals surface area contributed by atoms with Crippen LogP contribution in [0.25, 0.3) is 0 Å². The number of hydrogen-bond acceptors (Lipinski definition) is 4. The van der Waals surface area contributed by atoms with E-state index in [0.29, 0.717) is 13.0 Å². The zero-order valence-electron chi connectivity index (χ0n) is 12.0. The second kappa shape index (κ2) is 7.31. The smallest absolute Gasteiger partial charge is 0.323 e. The third kappa shape index (κ3) is 4.93. The molecular weight excluding hydrogens is 296 g/mol. The first-order valence-corrected chi connectivity index (χ1v) is 8.54. The molecule has 0 aromatic heterocycles. The van der Waals surface area contributed by atoms with Gasteiger partial charge in [-0.3, -0.25) is 4.79 Å². The first-order chi connectivity index (χ1) is 9.80. The standard InChI is InChI=1S/C13H20N2O5S/c1-3-6-14(7-4-2)13(18)15(9-12(16)17)11-5-8-21(19,20)10-11/h1,11H,4-10H2,2H3,(H,16,17). The van der Waals surface area contributed by atoms with E-state index in [9.17, 15) is 18.0 Å². The monoisotopic (exact) mass is 316 g/mol. The van der Waals surface area contributed by atoms with Gasteiger partial charge in [-0.05, 0) is 12.8 Å². The molecule has 1 aliphatic heterocycles. The lowest BCUT2D eigenvalue weighted by molar-refractivity contribution is -0.138. The molecule has 1 unspecified atom stereocenters. The Morgan fingerprint density at radius 3 is 2.52 bits per heavy atom. The highest BCUT2D eigenvalue weighted by Gasteiger charge is 2.37. The topological polar surface area (TPSA) is 95.0 Å². The molecule has 0 spiro atoms. The molecule has 1 saturated heterocycles. The van der Waals surface area contributed by atoms with Gasteiger partial charge >= 0.3 is 12.0 Å². The van der Waals surface area contributed by atoms with Crippen molar-refractivity contribution in [3.63, 3.8) is 0 Å². The minimum absolute atomic E-state index is 0.0238. The van der Waals surface area contributed by atoms with Crippen LogP contribution in [0.5, 0.6) is 0 Å². The molecule has 8 heteroatoms. The maximum Gasteiger partial charge on any atom is 0.323 e. The number of terminal acetylenes is 1. The molecule has 7 nitrogen and oxygen atoms in total. The molecule has 1 rings (SSSR count). The number of nitrogens with zero attached hydrogens (tertiary/aromatic N) is 2. The van der Waals surface area contributed by atoms with Gasteiger partial charge in [0.1, 0.15) is 6.54 Å². The lowest BCUT2D eigenvalue weighted by atomic mass is 10.2. The number of urea groups is 1. The Balaban J connectivity index is 2.93. The highest BCUT2D eigenvalue weighted by molar-refractivity contribution is 7.91. The minimum Gasteiger partial charge on any atom is -0.480 e. The molecule has 1 atom stereocenters. The molecule has 1 aliphatic rings. The molecule has 2 amide bonds. The third-order valence-corrected chi connectivity index (χ3v) is 5.00. The highest BCUT2D eigenvalue weighted by atomic mass is 32.2. The van der Waals surface area contributed by atoms with Crippen LogP contribution >= 0.6 is 0 Å². The van der Waals surface area contributed by atoms with Crippen LogP contribution in [0.3, 0.4) is 0 Å². The molecule has 0 aromatic rings. The van der Waals surface area contributed by atoms with Gasteiger partial charge in [-0.1, -0.05) is 12.8 Å². The molecule has 1 N–H and O–H groups in total. The van der Waals surface area contributed by atoms with Crippen molar-refractivity contribution in [3.05, 3.63) is 0 Å². The van der Waals surface area contributed by atoms with E-state index in [4.69, 9.17) is 11.5 Å². The number of carbonyl (C=O) groups is 2. The average Bonchev–Trinajstić information content (AvgIpc) is 2.75. The number of sulfone groups is 1. The summed E-state index contributed by atoms with van der Waals surface area (Å²) in [6, 6.07) is -1.12. The summed E-state index contributed by atoms with van der Waals surface area (Å²) in [7, 11) is -3.21. The Bertz CT molecular complexity index is 537. The van der Waals surface area contributed by atoms with Crippen molar-refractivity contribution in [1.29, 1.82) is 0 Å². The zero-order chi connectivity index (χ0) is 16.0. The summed E-state index contributed by atoms with van der Waals surface area (Å²) in [5.74, 6) is 0.969. The summed E-state index contributed by atoms with van der Waals surface area (Å²) < 4.78 is 23.1. The summed E-state index contributed by atoms with van der Waals surface area (Å²) in [6.45, 7) is 1.82. The van der Waals surface area contributed by atoms with Gasteiger partial charge in [0.15, 0.2) is 9.84 Å². The van der Waals surface area contributed by atoms with E-state index >= 15 is 0 Å². The normalized spacial score (nSPS) is 19.7. The fourth-order valence-electron chi connectivity index (χ4n) is 2.32. The lowest BCUT2D eigenvalue weighted by Gasteiger charge is -2.32. The van der Waals surface area contributed by atoms with Crippen LogP contribution < -0.4 is 0 Å². The molecule has 118 valence electrons. The van der Waals surface area contributed by atoms with Crippen LogP contribution in [0.4, 0.5) is 4.79 Å². The van der Waals surface area contributed by atoms with Crippen LogP contribution in [0, 0.1) is 12.3 Å². The Labute approximate surface area is 124 Å². The molecule has 1 fully saturated rings. The van der Waals surface area contributed by atoms with Gasteiger partial charge in [-0.2, -0.15) is 0 Å². The molecule has 0 aliphatic carbocycles. The van der Waals surface area contributed by atoms with Gasteiger partial charge < -0.3 is 14.9 Å². The summed E-state index contributed by atoms with van der Waals surface area (Å²) >= 11 is 0. The van der Waals surface area contributed by atoms with Crippen molar-refractivity contribution in [2.75, 3.05) is 31.1 Å². The van der Waals surface area contributed by atoms with Crippen molar-refractivity contribution in [2.45, 2.75) is 25.8 Å². The predicted molar refractivity (Wildman–Crippen MR) is 77.5 cm³/mol. The fourth-order valence-corrected chi connectivity index (χ4v) is 4.05. The van der Waals surface area contributed by atoms with Crippen molar-refractivity contribution in [2.24, 2.45) is 0 Å². The molecule has 21 heavy (non-hydrogen) atoms. The van der Waals surface area contributed by atoms with Gasteiger partial charge in [0.05, 0.1) is 18.1 Å². The lowest BCUT2D eigenvalue weighted by Crippen LogP contribution is -2.51. The van der Waals surface area contributed by atoms with Crippen LogP contribution in [0.1, 0.15) is 19.8 Å². The van der Waals surface area contributed by atoms with Gasteiger partial charge in [0.2, 0.25) is 0 Å². The Morgan fingerprint density at radius 2 is 2.10 bits per heavy atom. The largest absolute Gasteiger partial charge is 0.480 e. The molecule has 0 radical (unpaired) electrons. The number of carbonyl (C=O) groups excluding carboxylic acids is 1. The molecule has 0 bridgehead atoms. The second-order valence-corrected chi connectivity index (χ2v) is 7.22. The van der Waals surface area contributed by atoms with Gasteiger partial charge in [0, 0.05) is 12.6 Å². The molecule has 0 saturated carbocycles. The number of rotatable bonds is 6. The second-order valence-electron chi connectivity index (χ2n) is 4.99. The van der Waals surface area contributed by atoms with E-state index in [0.717, 1.165) is 4.90 Å². The summed E-state index contributed by atoms with van der Waals surface area (Å²) in [5.41, 5.74) is 0. The van der Waals surface area contributed by atoms with Crippen LogP contribution in [-0.4, -0.2) is 72.5 Å². The fraction of sp³-hybridized carbons (Fsp3) is 0.692. The first-order valence-electron chi connectivity index (χ1n) is 6.72. The van der Waals surface area contributed by atoms with Crippen molar-refractivity contribution in [1.82, 2.24) is 9.80 Å². The Hall–Kier alpha value is -1.75. The van der Waals surface area contributed by atoms with Crippen molar-refractivity contribution >= 4 is 21.8 Å². The summed E-state index contributed by atoms with van der Waals surface area (Å²) in [6.07, 6.45) is 6.16. The van der Waals surface area contributed by atoms with E-state index < -0.39 is 34.4 Å². The van der Waals surface area contributed by atoms with E-state index in [2.05, 4.69) is 5.92 Å². The van der Waals surface area contributed by atoms with E-state index in [1.807, 2.05) is 6.92 Å². The maximum absolute atomic E-state index is 12.5. The van der Waals surface area contributed by atoms with E-state index in [1.54, 1.807) is 0 Å². The summed E-state index contributed by atoms with van der Waals surface area (Å²) in [5, 5.41) is 8.96. The number of aliphatic carboxylic acids is 1. The van der Waals surface area contributed by atoms with E-state index in [-0.39, 0.29) is 24.5 Å². The van der Waals surface area contributed by atoms with Crippen molar-refractivity contribution < 1.29 is 23.1 Å². The highest BCUT2D eigenvalue weighted by Crippen LogP contribution is 2.19. The molecule has 1 heterocycles. The quantitative estimate of drug-likeness (QED) is 0.697. The zero-order valence-corrected chi connectivity index (χ0v) is 12.8. The van der Waals surface area contributed by atoms with Crippen LogP contribution in [0.2, 0.25) is 0 Å². The number of hydrogen-bond donors (Lipinski definition) is 1. The number of amides is 2. The average molecular weight is 316 g/mol.